The normalized spacial score (nSPS) is 18.8. The van der Waals surface area contributed by atoms with E-state index in [1.165, 1.54) is 6.33 Å². The number of rotatable bonds is 4. The van der Waals surface area contributed by atoms with E-state index in [0.29, 0.717) is 13.0 Å². The van der Waals surface area contributed by atoms with E-state index in [1.807, 2.05) is 31.3 Å². The molecule has 0 saturated carbocycles. The first-order chi connectivity index (χ1) is 9.78. The minimum absolute atomic E-state index is 0.105. The molecule has 3 rings (SSSR count). The molecule has 20 heavy (non-hydrogen) atoms. The molecule has 0 spiro atoms. The van der Waals surface area contributed by atoms with Crippen molar-refractivity contribution >= 4 is 0 Å². The number of ether oxygens (including phenoxy) is 2. The van der Waals surface area contributed by atoms with Gasteiger partial charge in [-0.3, -0.25) is 16.0 Å². The Labute approximate surface area is 116 Å². The Morgan fingerprint density at radius 2 is 2.25 bits per heavy atom. The van der Waals surface area contributed by atoms with Gasteiger partial charge in [-0.25, -0.2) is 4.98 Å². The van der Waals surface area contributed by atoms with Crippen molar-refractivity contribution in [2.45, 2.75) is 18.6 Å². The maximum Gasteiger partial charge on any atom is 0.161 e. The van der Waals surface area contributed by atoms with Crippen LogP contribution in [0.2, 0.25) is 0 Å². The lowest BCUT2D eigenvalue weighted by molar-refractivity contribution is 0.0612. The van der Waals surface area contributed by atoms with E-state index in [-0.39, 0.29) is 12.1 Å². The lowest BCUT2D eigenvalue weighted by Crippen LogP contribution is -2.51. The predicted octanol–water partition coefficient (Wildman–Crippen LogP) is 0.0295. The maximum absolute atomic E-state index is 5.95. The highest BCUT2D eigenvalue weighted by Gasteiger charge is 2.29. The Morgan fingerprint density at radius 1 is 1.45 bits per heavy atom. The van der Waals surface area contributed by atoms with Gasteiger partial charge in [0.2, 0.25) is 0 Å². The minimum atomic E-state index is -0.174. The van der Waals surface area contributed by atoms with Gasteiger partial charge in [0.25, 0.3) is 0 Å². The number of nitrogens with zero attached hydrogens (tertiary/aromatic N) is 3. The SMILES string of the molecule is Cn1ncnc1CC(NN)C1COc2ccccc2O1. The molecule has 1 aliphatic heterocycles. The molecule has 2 atom stereocenters. The number of benzene rings is 1. The molecule has 0 amide bonds. The summed E-state index contributed by atoms with van der Waals surface area (Å²) in [5.41, 5.74) is 2.78. The Morgan fingerprint density at radius 3 is 2.95 bits per heavy atom. The minimum Gasteiger partial charge on any atom is -0.486 e. The average molecular weight is 275 g/mol. The molecule has 2 unspecified atom stereocenters. The van der Waals surface area contributed by atoms with E-state index in [4.69, 9.17) is 15.3 Å². The fourth-order valence-corrected chi connectivity index (χ4v) is 2.23. The number of fused-ring (bicyclic) bond motifs is 1. The van der Waals surface area contributed by atoms with Crippen LogP contribution in [-0.2, 0) is 13.5 Å². The molecule has 106 valence electrons. The number of aryl methyl sites for hydroxylation is 1. The fraction of sp³-hybridized carbons (Fsp3) is 0.385. The second-order valence-electron chi connectivity index (χ2n) is 4.69. The summed E-state index contributed by atoms with van der Waals surface area (Å²) in [7, 11) is 1.85. The summed E-state index contributed by atoms with van der Waals surface area (Å²) in [4.78, 5) is 4.20. The van der Waals surface area contributed by atoms with Gasteiger partial charge in [-0.15, -0.1) is 0 Å². The molecule has 2 aromatic rings. The summed E-state index contributed by atoms with van der Waals surface area (Å²) in [6, 6.07) is 7.50. The fourth-order valence-electron chi connectivity index (χ4n) is 2.23. The number of hydrazine groups is 1. The summed E-state index contributed by atoms with van der Waals surface area (Å²) in [5.74, 6) is 7.99. The van der Waals surface area contributed by atoms with Gasteiger partial charge in [-0.1, -0.05) is 12.1 Å². The molecule has 1 aromatic carbocycles. The van der Waals surface area contributed by atoms with E-state index in [2.05, 4.69) is 15.5 Å². The molecule has 7 heteroatoms. The number of aromatic nitrogens is 3. The first kappa shape index (κ1) is 12.9. The van der Waals surface area contributed by atoms with Crippen LogP contribution in [-0.4, -0.2) is 33.5 Å². The largest absolute Gasteiger partial charge is 0.486 e. The molecule has 2 heterocycles. The molecule has 1 aromatic heterocycles. The maximum atomic E-state index is 5.95. The Balaban J connectivity index is 1.73. The smallest absolute Gasteiger partial charge is 0.161 e. The van der Waals surface area contributed by atoms with Gasteiger partial charge >= 0.3 is 0 Å². The van der Waals surface area contributed by atoms with Crippen molar-refractivity contribution in [1.29, 1.82) is 0 Å². The van der Waals surface area contributed by atoms with E-state index >= 15 is 0 Å². The monoisotopic (exact) mass is 275 g/mol. The predicted molar refractivity (Wildman–Crippen MR) is 72.2 cm³/mol. The molecule has 3 N–H and O–H groups in total. The first-order valence-corrected chi connectivity index (χ1v) is 6.45. The molecule has 0 saturated heterocycles. The lowest BCUT2D eigenvalue weighted by atomic mass is 10.1. The number of para-hydroxylation sites is 2. The van der Waals surface area contributed by atoms with Gasteiger partial charge in [0.15, 0.2) is 11.5 Å². The molecular weight excluding hydrogens is 258 g/mol. The number of nitrogens with one attached hydrogen (secondary N) is 1. The number of hydrogen-bond donors (Lipinski definition) is 2. The molecule has 0 fully saturated rings. The van der Waals surface area contributed by atoms with Crippen LogP contribution in [0.25, 0.3) is 0 Å². The molecular formula is C13H17N5O2. The zero-order valence-corrected chi connectivity index (χ0v) is 11.2. The molecule has 7 nitrogen and oxygen atoms in total. The Hall–Kier alpha value is -2.12. The molecule has 0 bridgehead atoms. The van der Waals surface area contributed by atoms with Crippen LogP contribution < -0.4 is 20.7 Å². The van der Waals surface area contributed by atoms with Crippen LogP contribution in [0.3, 0.4) is 0 Å². The van der Waals surface area contributed by atoms with Crippen molar-refractivity contribution in [3.63, 3.8) is 0 Å². The molecule has 0 aliphatic carbocycles. The van der Waals surface area contributed by atoms with Gasteiger partial charge in [-0.05, 0) is 12.1 Å². The highest BCUT2D eigenvalue weighted by atomic mass is 16.6. The number of nitrogens with two attached hydrogens (primary N) is 1. The van der Waals surface area contributed by atoms with Gasteiger partial charge in [0, 0.05) is 13.5 Å². The van der Waals surface area contributed by atoms with E-state index in [0.717, 1.165) is 17.3 Å². The molecule has 1 aliphatic rings. The van der Waals surface area contributed by atoms with Crippen molar-refractivity contribution < 1.29 is 9.47 Å². The summed E-state index contributed by atoms with van der Waals surface area (Å²) < 4.78 is 13.4. The van der Waals surface area contributed by atoms with E-state index in [9.17, 15) is 0 Å². The quantitative estimate of drug-likeness (QED) is 0.604. The van der Waals surface area contributed by atoms with Crippen molar-refractivity contribution in [3.8, 4) is 11.5 Å². The van der Waals surface area contributed by atoms with Crippen molar-refractivity contribution in [3.05, 3.63) is 36.4 Å². The van der Waals surface area contributed by atoms with Crippen LogP contribution in [0.15, 0.2) is 30.6 Å². The standard InChI is InChI=1S/C13H17N5O2/c1-18-13(15-8-16-18)6-9(17-14)12-7-19-10-4-2-3-5-11(10)20-12/h2-5,8-9,12,17H,6-7,14H2,1H3. The van der Waals surface area contributed by atoms with Crippen LogP contribution in [0.5, 0.6) is 11.5 Å². The van der Waals surface area contributed by atoms with Crippen LogP contribution >= 0.6 is 0 Å². The van der Waals surface area contributed by atoms with Gasteiger partial charge in [0.1, 0.15) is 24.9 Å². The third-order valence-corrected chi connectivity index (χ3v) is 3.40. The lowest BCUT2D eigenvalue weighted by Gasteiger charge is -2.31. The summed E-state index contributed by atoms with van der Waals surface area (Å²) in [6.45, 7) is 0.448. The van der Waals surface area contributed by atoms with Crippen molar-refractivity contribution in [2.75, 3.05) is 6.61 Å². The highest BCUT2D eigenvalue weighted by Crippen LogP contribution is 2.31. The third-order valence-electron chi connectivity index (χ3n) is 3.40. The van der Waals surface area contributed by atoms with Gasteiger partial charge < -0.3 is 9.47 Å². The second kappa shape index (κ2) is 5.48. The Kier molecular flexibility index (Phi) is 3.53. The van der Waals surface area contributed by atoms with Gasteiger partial charge in [0.05, 0.1) is 6.04 Å². The van der Waals surface area contributed by atoms with Crippen molar-refractivity contribution in [2.24, 2.45) is 12.9 Å². The van der Waals surface area contributed by atoms with Crippen molar-refractivity contribution in [1.82, 2.24) is 20.2 Å². The zero-order valence-electron chi connectivity index (χ0n) is 11.2. The summed E-state index contributed by atoms with van der Waals surface area (Å²) in [5, 5.41) is 4.05. The zero-order chi connectivity index (χ0) is 13.9. The Bertz CT molecular complexity index is 586. The van der Waals surface area contributed by atoms with Crippen LogP contribution in [0.4, 0.5) is 0 Å². The highest BCUT2D eigenvalue weighted by molar-refractivity contribution is 5.40. The van der Waals surface area contributed by atoms with Gasteiger partial charge in [-0.2, -0.15) is 5.10 Å². The van der Waals surface area contributed by atoms with Crippen LogP contribution in [0.1, 0.15) is 5.82 Å². The van der Waals surface area contributed by atoms with E-state index in [1.54, 1.807) is 4.68 Å². The molecule has 0 radical (unpaired) electrons. The topological polar surface area (TPSA) is 87.2 Å². The average Bonchev–Trinajstić information content (AvgIpc) is 2.89. The van der Waals surface area contributed by atoms with Crippen LogP contribution in [0, 0.1) is 0 Å². The van der Waals surface area contributed by atoms with E-state index < -0.39 is 0 Å². The summed E-state index contributed by atoms with van der Waals surface area (Å²) >= 11 is 0. The summed E-state index contributed by atoms with van der Waals surface area (Å²) in [6.07, 6.45) is 1.96. The second-order valence-corrected chi connectivity index (χ2v) is 4.69. The number of hydrogen-bond acceptors (Lipinski definition) is 6. The first-order valence-electron chi connectivity index (χ1n) is 6.45. The third kappa shape index (κ3) is 2.45.